The largest absolute Gasteiger partial charge is 0.393 e. The number of hydrogen-bond donors (Lipinski definition) is 1. The highest BCUT2D eigenvalue weighted by Gasteiger charge is 2.50. The quantitative estimate of drug-likeness (QED) is 0.473. The first-order valence-electron chi connectivity index (χ1n) is 12.2. The van der Waals surface area contributed by atoms with Crippen LogP contribution in [0.2, 0.25) is 0 Å². The van der Waals surface area contributed by atoms with Gasteiger partial charge in [-0.1, -0.05) is 76.6 Å². The molecule has 3 saturated carbocycles. The molecule has 0 heterocycles. The van der Waals surface area contributed by atoms with Crippen LogP contribution in [-0.4, -0.2) is 11.2 Å². The first-order valence-corrected chi connectivity index (χ1v) is 12.2. The van der Waals surface area contributed by atoms with E-state index < -0.39 is 0 Å². The predicted molar refractivity (Wildman–Crippen MR) is 126 cm³/mol. The molecular formula is C28H44O. The predicted octanol–water partition coefficient (Wildman–Crippen LogP) is 7.64. The van der Waals surface area contributed by atoms with E-state index in [9.17, 15) is 5.11 Å². The molecular weight excluding hydrogens is 352 g/mol. The van der Waals surface area contributed by atoms with Gasteiger partial charge in [-0.2, -0.15) is 0 Å². The zero-order valence-electron chi connectivity index (χ0n) is 19.6. The van der Waals surface area contributed by atoms with Gasteiger partial charge < -0.3 is 5.11 Å². The summed E-state index contributed by atoms with van der Waals surface area (Å²) in [7, 11) is 0. The fraction of sp³-hybridized carbons (Fsp3) is 0.714. The van der Waals surface area contributed by atoms with E-state index in [1.54, 1.807) is 5.57 Å². The number of fused-ring (bicyclic) bond motifs is 1. The Bertz CT molecular complexity index is 678. The Morgan fingerprint density at radius 1 is 1.03 bits per heavy atom. The Morgan fingerprint density at radius 2 is 1.79 bits per heavy atom. The zero-order valence-corrected chi connectivity index (χ0v) is 19.6. The van der Waals surface area contributed by atoms with Gasteiger partial charge in [0.25, 0.3) is 0 Å². The fourth-order valence-electron chi connectivity index (χ4n) is 6.25. The molecule has 0 saturated heterocycles. The third-order valence-corrected chi connectivity index (χ3v) is 8.63. The van der Waals surface area contributed by atoms with Crippen LogP contribution in [0.5, 0.6) is 0 Å². The molecule has 0 unspecified atom stereocenters. The minimum atomic E-state index is -0.182. The van der Waals surface area contributed by atoms with Crippen LogP contribution < -0.4 is 0 Å². The minimum Gasteiger partial charge on any atom is -0.393 e. The van der Waals surface area contributed by atoms with Gasteiger partial charge in [0.15, 0.2) is 0 Å². The number of aliphatic hydroxyl groups excluding tert-OH is 1. The molecule has 0 aromatic carbocycles. The lowest BCUT2D eigenvalue weighted by atomic mass is 9.61. The van der Waals surface area contributed by atoms with Crippen LogP contribution in [0, 0.1) is 35.0 Å². The Morgan fingerprint density at radius 3 is 2.52 bits per heavy atom. The van der Waals surface area contributed by atoms with Gasteiger partial charge in [0.1, 0.15) is 0 Å². The highest BCUT2D eigenvalue weighted by atomic mass is 16.3. The summed E-state index contributed by atoms with van der Waals surface area (Å²) in [6.07, 6.45) is 18.8. The summed E-state index contributed by atoms with van der Waals surface area (Å²) >= 11 is 0. The third kappa shape index (κ3) is 4.98. The van der Waals surface area contributed by atoms with Gasteiger partial charge in [-0.05, 0) is 91.9 Å². The Labute approximate surface area is 180 Å². The van der Waals surface area contributed by atoms with Gasteiger partial charge in [0.2, 0.25) is 0 Å². The molecule has 1 nitrogen and oxygen atoms in total. The second kappa shape index (κ2) is 9.38. The summed E-state index contributed by atoms with van der Waals surface area (Å²) in [4.78, 5) is 0. The van der Waals surface area contributed by atoms with Crippen molar-refractivity contribution < 1.29 is 5.11 Å². The van der Waals surface area contributed by atoms with Crippen molar-refractivity contribution >= 4 is 0 Å². The highest BCUT2D eigenvalue weighted by molar-refractivity contribution is 5.36. The monoisotopic (exact) mass is 396 g/mol. The van der Waals surface area contributed by atoms with Crippen molar-refractivity contribution in [2.24, 2.45) is 35.0 Å². The molecule has 0 aromatic heterocycles. The van der Waals surface area contributed by atoms with E-state index in [1.807, 2.05) is 0 Å². The van der Waals surface area contributed by atoms with Gasteiger partial charge in [-0.15, -0.1) is 0 Å². The molecule has 3 aliphatic carbocycles. The zero-order chi connectivity index (χ0) is 21.2. The van der Waals surface area contributed by atoms with Crippen LogP contribution in [-0.2, 0) is 0 Å². The molecule has 0 bridgehead atoms. The average molecular weight is 397 g/mol. The third-order valence-electron chi connectivity index (χ3n) is 8.63. The maximum Gasteiger partial charge on any atom is 0.0583 e. The van der Waals surface area contributed by atoms with Crippen LogP contribution in [0.25, 0.3) is 0 Å². The van der Waals surface area contributed by atoms with Gasteiger partial charge in [0, 0.05) is 0 Å². The van der Waals surface area contributed by atoms with Crippen molar-refractivity contribution in [3.8, 4) is 0 Å². The lowest BCUT2D eigenvalue weighted by Gasteiger charge is -2.44. The summed E-state index contributed by atoms with van der Waals surface area (Å²) in [6.45, 7) is 16.3. The van der Waals surface area contributed by atoms with E-state index in [0.29, 0.717) is 17.3 Å². The maximum atomic E-state index is 10.0. The van der Waals surface area contributed by atoms with Crippen LogP contribution in [0.15, 0.2) is 47.6 Å². The lowest BCUT2D eigenvalue weighted by molar-refractivity contribution is 0.112. The van der Waals surface area contributed by atoms with Crippen LogP contribution in [0.3, 0.4) is 0 Å². The second-order valence-electron chi connectivity index (χ2n) is 10.9. The molecule has 6 atom stereocenters. The molecule has 3 aliphatic rings. The smallest absolute Gasteiger partial charge is 0.0583 e. The van der Waals surface area contributed by atoms with Crippen molar-refractivity contribution in [1.82, 2.24) is 0 Å². The maximum absolute atomic E-state index is 10.0. The van der Waals surface area contributed by atoms with E-state index in [1.165, 1.54) is 43.3 Å². The van der Waals surface area contributed by atoms with Crippen molar-refractivity contribution in [3.05, 3.63) is 47.6 Å². The van der Waals surface area contributed by atoms with Crippen molar-refractivity contribution in [2.45, 2.75) is 92.1 Å². The van der Waals surface area contributed by atoms with E-state index in [2.05, 4.69) is 65.5 Å². The SMILES string of the molecule is C=C1CC[C@H](O)C/C1=C/C=C1/CCC[C@]2(C)[C@@H]([C@H](C)/C=C/[C@@H](C)C(C)C)CC[C@@H]12. The Hall–Kier alpha value is -1.08. The molecule has 1 N–H and O–H groups in total. The van der Waals surface area contributed by atoms with E-state index in [0.717, 1.165) is 37.0 Å². The van der Waals surface area contributed by atoms with Crippen molar-refractivity contribution in [2.75, 3.05) is 0 Å². The molecule has 3 rings (SSSR count). The summed E-state index contributed by atoms with van der Waals surface area (Å²) in [5.41, 5.74) is 4.61. The van der Waals surface area contributed by atoms with Crippen molar-refractivity contribution in [1.29, 1.82) is 0 Å². The summed E-state index contributed by atoms with van der Waals surface area (Å²) in [5.74, 6) is 3.58. The number of hydrogen-bond acceptors (Lipinski definition) is 1. The Balaban J connectivity index is 1.75. The highest BCUT2D eigenvalue weighted by Crippen LogP contribution is 2.59. The lowest BCUT2D eigenvalue weighted by Crippen LogP contribution is -2.35. The molecule has 0 amide bonds. The topological polar surface area (TPSA) is 20.2 Å². The number of rotatable bonds is 5. The first kappa shape index (κ1) is 22.6. The molecule has 0 aromatic rings. The second-order valence-corrected chi connectivity index (χ2v) is 10.9. The number of allylic oxidation sites excluding steroid dienone is 6. The molecule has 3 fully saturated rings. The minimum absolute atomic E-state index is 0.182. The van der Waals surface area contributed by atoms with E-state index in [-0.39, 0.29) is 6.10 Å². The van der Waals surface area contributed by atoms with Crippen LogP contribution in [0.1, 0.15) is 86.0 Å². The van der Waals surface area contributed by atoms with Crippen LogP contribution >= 0.6 is 0 Å². The first-order chi connectivity index (χ1) is 13.7. The summed E-state index contributed by atoms with van der Waals surface area (Å²) in [6, 6.07) is 0. The standard InChI is InChI=1S/C28H44O/c1-19(2)20(3)9-10-22(5)26-15-16-27-23(8-7-17-28(26,27)6)12-13-24-18-25(29)14-11-21(24)4/h9-10,12-13,19-20,22,25-27,29H,4,7-8,11,14-18H2,1-3,5-6H3/b10-9+,23-12-,24-13-/t20-,22-,25+,26-,27+,28-/m1/s1. The average Bonchev–Trinajstić information content (AvgIpc) is 3.04. The molecule has 1 heteroatoms. The Kier molecular flexibility index (Phi) is 7.31. The number of aliphatic hydroxyl groups is 1. The normalized spacial score (nSPS) is 38.2. The fourth-order valence-corrected chi connectivity index (χ4v) is 6.25. The summed E-state index contributed by atoms with van der Waals surface area (Å²) < 4.78 is 0. The molecule has 0 aliphatic heterocycles. The molecule has 162 valence electrons. The summed E-state index contributed by atoms with van der Waals surface area (Å²) in [5, 5.41) is 10.0. The van der Waals surface area contributed by atoms with Gasteiger partial charge in [-0.3, -0.25) is 0 Å². The van der Waals surface area contributed by atoms with Crippen LogP contribution in [0.4, 0.5) is 0 Å². The molecule has 29 heavy (non-hydrogen) atoms. The van der Waals surface area contributed by atoms with Gasteiger partial charge in [-0.25, -0.2) is 0 Å². The molecule has 0 spiro atoms. The van der Waals surface area contributed by atoms with Crippen molar-refractivity contribution in [3.63, 3.8) is 0 Å². The van der Waals surface area contributed by atoms with Gasteiger partial charge >= 0.3 is 0 Å². The van der Waals surface area contributed by atoms with Gasteiger partial charge in [0.05, 0.1) is 6.10 Å². The van der Waals surface area contributed by atoms with E-state index >= 15 is 0 Å². The van der Waals surface area contributed by atoms with E-state index in [4.69, 9.17) is 0 Å². The molecule has 0 radical (unpaired) electrons.